The predicted molar refractivity (Wildman–Crippen MR) is 100 cm³/mol. The van der Waals surface area contributed by atoms with E-state index in [4.69, 9.17) is 9.47 Å². The van der Waals surface area contributed by atoms with Crippen LogP contribution in [0.5, 0.6) is 11.5 Å². The summed E-state index contributed by atoms with van der Waals surface area (Å²) >= 11 is 0. The van der Waals surface area contributed by atoms with Gasteiger partial charge in [-0.3, -0.25) is 4.79 Å². The number of para-hydroxylation sites is 1. The number of hydrogen-bond donors (Lipinski definition) is 1. The van der Waals surface area contributed by atoms with E-state index in [1.807, 2.05) is 49.4 Å². The maximum Gasteiger partial charge on any atom is 0.255 e. The van der Waals surface area contributed by atoms with Gasteiger partial charge in [0.25, 0.3) is 5.91 Å². The number of amides is 1. The first-order valence-corrected chi connectivity index (χ1v) is 8.77. The van der Waals surface area contributed by atoms with Crippen molar-refractivity contribution >= 4 is 5.91 Å². The summed E-state index contributed by atoms with van der Waals surface area (Å²) in [7, 11) is 1.65. The number of unbranched alkanes of at least 4 members (excludes halogenated alkanes) is 1. The second-order valence-electron chi connectivity index (χ2n) is 6.18. The molecule has 4 nitrogen and oxygen atoms in total. The van der Waals surface area contributed by atoms with Crippen LogP contribution in [0.2, 0.25) is 0 Å². The second-order valence-corrected chi connectivity index (χ2v) is 6.18. The predicted octanol–water partition coefficient (Wildman–Crippen LogP) is 4.72. The summed E-state index contributed by atoms with van der Waals surface area (Å²) in [6, 6.07) is 15.1. The van der Waals surface area contributed by atoms with Crippen LogP contribution in [0.4, 0.5) is 0 Å². The molecule has 0 aromatic heterocycles. The minimum Gasteiger partial charge on any atom is -0.457 e. The van der Waals surface area contributed by atoms with Crippen molar-refractivity contribution in [2.24, 2.45) is 0 Å². The van der Waals surface area contributed by atoms with Crippen molar-refractivity contribution in [3.63, 3.8) is 0 Å². The van der Waals surface area contributed by atoms with Gasteiger partial charge in [0.1, 0.15) is 11.5 Å². The average Bonchev–Trinajstić information content (AvgIpc) is 2.60. The Bertz CT molecular complexity index is 684. The summed E-state index contributed by atoms with van der Waals surface area (Å²) in [5.41, 5.74) is 1.64. The molecule has 2 aromatic rings. The Labute approximate surface area is 150 Å². The Morgan fingerprint density at radius 1 is 1.16 bits per heavy atom. The summed E-state index contributed by atoms with van der Waals surface area (Å²) in [5.74, 6) is 1.14. The van der Waals surface area contributed by atoms with Crippen molar-refractivity contribution in [1.29, 1.82) is 0 Å². The first kappa shape index (κ1) is 19.0. The number of benzene rings is 2. The van der Waals surface area contributed by atoms with Crippen LogP contribution in [-0.4, -0.2) is 25.7 Å². The molecular weight excluding hydrogens is 314 g/mol. The number of ether oxygens (including phenoxy) is 2. The van der Waals surface area contributed by atoms with Gasteiger partial charge in [0.2, 0.25) is 0 Å². The quantitative estimate of drug-likeness (QED) is 0.718. The van der Waals surface area contributed by atoms with E-state index in [1.165, 1.54) is 0 Å². The molecule has 2 aromatic carbocycles. The fraction of sp³-hybridized carbons (Fsp3) is 0.381. The molecule has 0 aliphatic carbocycles. The average molecular weight is 341 g/mol. The van der Waals surface area contributed by atoms with Crippen LogP contribution in [-0.2, 0) is 4.74 Å². The molecular formula is C21H27NO3. The van der Waals surface area contributed by atoms with E-state index in [-0.39, 0.29) is 11.9 Å². The molecule has 0 saturated carbocycles. The summed E-state index contributed by atoms with van der Waals surface area (Å²) in [5, 5.41) is 3.06. The van der Waals surface area contributed by atoms with Crippen LogP contribution >= 0.6 is 0 Å². The normalized spacial score (nSPS) is 11.8. The number of hydrogen-bond acceptors (Lipinski definition) is 3. The lowest BCUT2D eigenvalue weighted by Gasteiger charge is -2.19. The zero-order chi connectivity index (χ0) is 18.1. The van der Waals surface area contributed by atoms with Gasteiger partial charge in [-0.15, -0.1) is 0 Å². The third kappa shape index (κ3) is 5.91. The van der Waals surface area contributed by atoms with Crippen LogP contribution in [0, 0.1) is 6.92 Å². The van der Waals surface area contributed by atoms with E-state index in [9.17, 15) is 4.79 Å². The highest BCUT2D eigenvalue weighted by Crippen LogP contribution is 2.26. The molecule has 0 heterocycles. The second kappa shape index (κ2) is 9.84. The van der Waals surface area contributed by atoms with Crippen molar-refractivity contribution < 1.29 is 14.3 Å². The van der Waals surface area contributed by atoms with Crippen LogP contribution in [0.1, 0.15) is 42.1 Å². The molecule has 0 fully saturated rings. The van der Waals surface area contributed by atoms with Gasteiger partial charge in [0.15, 0.2) is 0 Å². The van der Waals surface area contributed by atoms with Gasteiger partial charge in [-0.25, -0.2) is 0 Å². The maximum atomic E-state index is 12.7. The summed E-state index contributed by atoms with van der Waals surface area (Å²) in [6.07, 6.45) is 3.04. The van der Waals surface area contributed by atoms with E-state index in [2.05, 4.69) is 12.2 Å². The lowest BCUT2D eigenvalue weighted by Crippen LogP contribution is -2.38. The van der Waals surface area contributed by atoms with Gasteiger partial charge in [-0.05, 0) is 43.2 Å². The van der Waals surface area contributed by atoms with E-state index in [0.29, 0.717) is 17.9 Å². The molecule has 0 aliphatic heterocycles. The highest BCUT2D eigenvalue weighted by Gasteiger charge is 2.17. The zero-order valence-corrected chi connectivity index (χ0v) is 15.2. The highest BCUT2D eigenvalue weighted by molar-refractivity contribution is 5.97. The number of methoxy groups -OCH3 is 1. The SMILES string of the molecule is CCCCC(COC)NC(=O)c1ccccc1Oc1cccc(C)c1. The van der Waals surface area contributed by atoms with Crippen molar-refractivity contribution in [2.75, 3.05) is 13.7 Å². The number of aryl methyl sites for hydroxylation is 1. The lowest BCUT2D eigenvalue weighted by molar-refractivity contribution is 0.0888. The van der Waals surface area contributed by atoms with Crippen LogP contribution in [0.3, 0.4) is 0 Å². The highest BCUT2D eigenvalue weighted by atomic mass is 16.5. The van der Waals surface area contributed by atoms with Gasteiger partial charge >= 0.3 is 0 Å². The van der Waals surface area contributed by atoms with Crippen molar-refractivity contribution in [1.82, 2.24) is 5.32 Å². The molecule has 0 spiro atoms. The fourth-order valence-electron chi connectivity index (χ4n) is 2.66. The Morgan fingerprint density at radius 3 is 2.68 bits per heavy atom. The van der Waals surface area contributed by atoms with Crippen LogP contribution in [0.25, 0.3) is 0 Å². The first-order valence-electron chi connectivity index (χ1n) is 8.77. The fourth-order valence-corrected chi connectivity index (χ4v) is 2.66. The van der Waals surface area contributed by atoms with E-state index >= 15 is 0 Å². The molecule has 2 rings (SSSR count). The molecule has 0 saturated heterocycles. The van der Waals surface area contributed by atoms with E-state index in [0.717, 1.165) is 30.6 Å². The first-order chi connectivity index (χ1) is 12.1. The number of carbonyl (C=O) groups excluding carboxylic acids is 1. The topological polar surface area (TPSA) is 47.6 Å². The molecule has 1 amide bonds. The summed E-state index contributed by atoms with van der Waals surface area (Å²) < 4.78 is 11.2. The van der Waals surface area contributed by atoms with Gasteiger partial charge in [-0.1, -0.05) is 44.0 Å². The maximum absolute atomic E-state index is 12.7. The minimum absolute atomic E-state index is 0.00414. The van der Waals surface area contributed by atoms with Crippen molar-refractivity contribution in [3.8, 4) is 11.5 Å². The number of carbonyl (C=O) groups is 1. The number of nitrogens with one attached hydrogen (secondary N) is 1. The standard InChI is InChI=1S/C21H27NO3/c1-4-5-10-17(15-24-3)22-21(23)19-12-6-7-13-20(19)25-18-11-8-9-16(2)14-18/h6-9,11-14,17H,4-5,10,15H2,1-3H3,(H,22,23). The van der Waals surface area contributed by atoms with Crippen molar-refractivity contribution in [2.45, 2.75) is 39.2 Å². The molecule has 134 valence electrons. The third-order valence-corrected chi connectivity index (χ3v) is 3.96. The smallest absolute Gasteiger partial charge is 0.255 e. The molecule has 25 heavy (non-hydrogen) atoms. The van der Waals surface area contributed by atoms with Gasteiger partial charge in [-0.2, -0.15) is 0 Å². The summed E-state index contributed by atoms with van der Waals surface area (Å²) in [4.78, 5) is 12.7. The van der Waals surface area contributed by atoms with Crippen molar-refractivity contribution in [3.05, 3.63) is 59.7 Å². The van der Waals surface area contributed by atoms with E-state index in [1.54, 1.807) is 13.2 Å². The molecule has 1 N–H and O–H groups in total. The Kier molecular flexibility index (Phi) is 7.48. The van der Waals surface area contributed by atoms with E-state index < -0.39 is 0 Å². The molecule has 1 unspecified atom stereocenters. The Hall–Kier alpha value is -2.33. The number of rotatable bonds is 9. The van der Waals surface area contributed by atoms with Crippen LogP contribution in [0.15, 0.2) is 48.5 Å². The minimum atomic E-state index is -0.138. The Balaban J connectivity index is 2.13. The third-order valence-electron chi connectivity index (χ3n) is 3.96. The summed E-state index contributed by atoms with van der Waals surface area (Å²) in [6.45, 7) is 4.65. The zero-order valence-electron chi connectivity index (χ0n) is 15.2. The Morgan fingerprint density at radius 2 is 1.96 bits per heavy atom. The molecule has 0 bridgehead atoms. The van der Waals surface area contributed by atoms with Gasteiger partial charge in [0.05, 0.1) is 18.2 Å². The van der Waals surface area contributed by atoms with Gasteiger partial charge in [0, 0.05) is 7.11 Å². The molecule has 1 atom stereocenters. The molecule has 0 aliphatic rings. The van der Waals surface area contributed by atoms with Crippen LogP contribution < -0.4 is 10.1 Å². The van der Waals surface area contributed by atoms with Gasteiger partial charge < -0.3 is 14.8 Å². The lowest BCUT2D eigenvalue weighted by atomic mass is 10.1. The molecule has 0 radical (unpaired) electrons. The largest absolute Gasteiger partial charge is 0.457 e. The molecule has 4 heteroatoms. The monoisotopic (exact) mass is 341 g/mol.